The second-order valence-electron chi connectivity index (χ2n) is 6.19. The molecule has 0 aliphatic heterocycles. The number of aryl methyl sites for hydroxylation is 2. The summed E-state index contributed by atoms with van der Waals surface area (Å²) in [4.78, 5) is 8.74. The maximum absolute atomic E-state index is 5.89. The van der Waals surface area contributed by atoms with Crippen LogP contribution in [-0.2, 0) is 11.2 Å². The fourth-order valence-electron chi connectivity index (χ4n) is 2.54. The number of hydrogen-bond donors (Lipinski definition) is 2. The van der Waals surface area contributed by atoms with Gasteiger partial charge in [0, 0.05) is 44.2 Å². The van der Waals surface area contributed by atoms with Crippen molar-refractivity contribution in [1.29, 1.82) is 0 Å². The summed E-state index contributed by atoms with van der Waals surface area (Å²) in [7, 11) is 1.80. The van der Waals surface area contributed by atoms with Crippen LogP contribution >= 0.6 is 35.3 Å². The lowest BCUT2D eigenvalue weighted by Gasteiger charge is -2.14. The summed E-state index contributed by atoms with van der Waals surface area (Å²) >= 11 is 1.74. The van der Waals surface area contributed by atoms with Crippen molar-refractivity contribution in [3.8, 4) is 0 Å². The van der Waals surface area contributed by atoms with Crippen LogP contribution in [-0.4, -0.2) is 37.7 Å². The molecule has 1 heterocycles. The normalized spacial score (nSPS) is 12.3. The van der Waals surface area contributed by atoms with Crippen molar-refractivity contribution in [2.45, 2.75) is 39.2 Å². The van der Waals surface area contributed by atoms with Gasteiger partial charge in [-0.05, 0) is 32.3 Å². The molecule has 2 aromatic rings. The first-order valence-electron chi connectivity index (χ1n) is 9.21. The molecule has 0 bridgehead atoms. The summed E-state index contributed by atoms with van der Waals surface area (Å²) in [6, 6.07) is 10.3. The molecule has 0 radical (unpaired) electrons. The zero-order chi connectivity index (χ0) is 18.6. The van der Waals surface area contributed by atoms with E-state index in [1.165, 1.54) is 10.6 Å². The number of hydrogen-bond acceptors (Lipinski definition) is 4. The van der Waals surface area contributed by atoms with Crippen molar-refractivity contribution in [2.24, 2.45) is 4.99 Å². The molecule has 0 saturated carbocycles. The molecule has 1 atom stereocenters. The summed E-state index contributed by atoms with van der Waals surface area (Å²) in [5.41, 5.74) is 2.33. The van der Waals surface area contributed by atoms with Crippen LogP contribution in [0.15, 0.2) is 40.7 Å². The minimum Gasteiger partial charge on any atom is -0.374 e. The third-order valence-electron chi connectivity index (χ3n) is 4.00. The summed E-state index contributed by atoms with van der Waals surface area (Å²) in [5, 5.41) is 9.99. The number of nitrogens with zero attached hydrogens (tertiary/aromatic N) is 2. The van der Waals surface area contributed by atoms with Gasteiger partial charge in [-0.3, -0.25) is 4.99 Å². The Morgan fingerprint density at radius 2 is 1.89 bits per heavy atom. The van der Waals surface area contributed by atoms with E-state index in [4.69, 9.17) is 4.74 Å². The van der Waals surface area contributed by atoms with Gasteiger partial charge in [-0.25, -0.2) is 4.98 Å². The minimum atomic E-state index is 0. The van der Waals surface area contributed by atoms with Crippen LogP contribution in [0.2, 0.25) is 0 Å². The highest BCUT2D eigenvalue weighted by molar-refractivity contribution is 14.0. The summed E-state index contributed by atoms with van der Waals surface area (Å²) in [6.45, 7) is 6.58. The molecule has 0 saturated heterocycles. The molecule has 0 aliphatic carbocycles. The number of guanidine groups is 1. The van der Waals surface area contributed by atoms with E-state index in [0.29, 0.717) is 0 Å². The highest BCUT2D eigenvalue weighted by Gasteiger charge is 2.04. The molecule has 1 aromatic heterocycles. The van der Waals surface area contributed by atoms with E-state index in [9.17, 15) is 0 Å². The van der Waals surface area contributed by atoms with Gasteiger partial charge in [0.15, 0.2) is 5.96 Å². The van der Waals surface area contributed by atoms with E-state index in [0.717, 1.165) is 50.6 Å². The molecule has 150 valence electrons. The van der Waals surface area contributed by atoms with E-state index in [2.05, 4.69) is 45.0 Å². The van der Waals surface area contributed by atoms with Crippen LogP contribution in [0, 0.1) is 6.92 Å². The highest BCUT2D eigenvalue weighted by atomic mass is 127. The first kappa shape index (κ1) is 23.8. The second-order valence-corrected chi connectivity index (χ2v) is 7.13. The number of aromatic nitrogens is 1. The molecule has 0 spiro atoms. The Bertz CT molecular complexity index is 663. The molecule has 0 amide bonds. The lowest BCUT2D eigenvalue weighted by molar-refractivity contribution is 0.0646. The molecule has 0 aliphatic rings. The number of rotatable bonds is 10. The topological polar surface area (TPSA) is 58.5 Å². The van der Waals surface area contributed by atoms with E-state index < -0.39 is 0 Å². The monoisotopic (exact) mass is 502 g/mol. The number of aliphatic imine (C=N–C) groups is 1. The number of halogens is 1. The zero-order valence-corrected chi connectivity index (χ0v) is 19.6. The van der Waals surface area contributed by atoms with Gasteiger partial charge < -0.3 is 15.4 Å². The Kier molecular flexibility index (Phi) is 12.3. The van der Waals surface area contributed by atoms with Gasteiger partial charge in [0.2, 0.25) is 0 Å². The highest BCUT2D eigenvalue weighted by Crippen LogP contribution is 2.15. The van der Waals surface area contributed by atoms with Crippen molar-refractivity contribution in [2.75, 3.05) is 26.7 Å². The molecule has 1 unspecified atom stereocenters. The van der Waals surface area contributed by atoms with Crippen molar-refractivity contribution in [3.63, 3.8) is 0 Å². The van der Waals surface area contributed by atoms with Gasteiger partial charge in [-0.1, -0.05) is 30.3 Å². The summed E-state index contributed by atoms with van der Waals surface area (Å²) < 4.78 is 5.89. The maximum Gasteiger partial charge on any atom is 0.190 e. The Morgan fingerprint density at radius 1 is 1.19 bits per heavy atom. The van der Waals surface area contributed by atoms with Crippen molar-refractivity contribution in [1.82, 2.24) is 15.6 Å². The Hall–Kier alpha value is -1.19. The van der Waals surface area contributed by atoms with Gasteiger partial charge >= 0.3 is 0 Å². The molecule has 2 N–H and O–H groups in total. The second kappa shape index (κ2) is 13.9. The Labute approximate surface area is 184 Å². The number of thiazole rings is 1. The molecule has 5 nitrogen and oxygen atoms in total. The van der Waals surface area contributed by atoms with Crippen LogP contribution in [0.1, 0.15) is 42.1 Å². The van der Waals surface area contributed by atoms with Crippen LogP contribution in [0.25, 0.3) is 0 Å². The Morgan fingerprint density at radius 3 is 2.52 bits per heavy atom. The molecule has 1 aromatic carbocycles. The van der Waals surface area contributed by atoms with Gasteiger partial charge in [0.1, 0.15) is 0 Å². The van der Waals surface area contributed by atoms with Crippen LogP contribution in [0.4, 0.5) is 0 Å². The fourth-order valence-corrected chi connectivity index (χ4v) is 3.36. The first-order chi connectivity index (χ1) is 12.7. The predicted molar refractivity (Wildman–Crippen MR) is 125 cm³/mol. The lowest BCUT2D eigenvalue weighted by Crippen LogP contribution is -2.38. The summed E-state index contributed by atoms with van der Waals surface area (Å²) in [5.74, 6) is 0.844. The average molecular weight is 502 g/mol. The van der Waals surface area contributed by atoms with Crippen molar-refractivity contribution in [3.05, 3.63) is 52.0 Å². The number of benzene rings is 1. The van der Waals surface area contributed by atoms with Gasteiger partial charge in [-0.15, -0.1) is 35.3 Å². The maximum atomic E-state index is 5.89. The quantitative estimate of drug-likeness (QED) is 0.220. The minimum absolute atomic E-state index is 0. The van der Waals surface area contributed by atoms with E-state index in [1.54, 1.807) is 18.4 Å². The zero-order valence-electron chi connectivity index (χ0n) is 16.4. The molecule has 0 fully saturated rings. The largest absolute Gasteiger partial charge is 0.374 e. The van der Waals surface area contributed by atoms with E-state index >= 15 is 0 Å². The average Bonchev–Trinajstić information content (AvgIpc) is 3.08. The van der Waals surface area contributed by atoms with Crippen LogP contribution in [0.3, 0.4) is 0 Å². The third-order valence-corrected chi connectivity index (χ3v) is 5.03. The lowest BCUT2D eigenvalue weighted by atomic mass is 10.1. The van der Waals surface area contributed by atoms with Crippen LogP contribution < -0.4 is 10.6 Å². The first-order valence-corrected chi connectivity index (χ1v) is 10.1. The van der Waals surface area contributed by atoms with Crippen molar-refractivity contribution >= 4 is 41.3 Å². The molecular weight excluding hydrogens is 471 g/mol. The third kappa shape index (κ3) is 9.53. The van der Waals surface area contributed by atoms with Gasteiger partial charge in [-0.2, -0.15) is 0 Å². The molecule has 27 heavy (non-hydrogen) atoms. The molecular formula is C20H31IN4OS. The molecule has 7 heteroatoms. The smallest absolute Gasteiger partial charge is 0.190 e. The van der Waals surface area contributed by atoms with E-state index in [1.807, 2.05) is 25.1 Å². The Balaban J connectivity index is 0.00000364. The fraction of sp³-hybridized carbons (Fsp3) is 0.500. The van der Waals surface area contributed by atoms with Gasteiger partial charge in [0.25, 0.3) is 0 Å². The standard InChI is InChI=1S/C20H30N4OS.HI/c1-16-15-26-19(24-16)11-7-12-22-20(21-3)23-13-8-14-25-17(2)18-9-5-4-6-10-18;/h4-6,9-10,15,17H,7-8,11-14H2,1-3H3,(H2,21,22,23);1H. The number of ether oxygens (including phenoxy) is 1. The van der Waals surface area contributed by atoms with E-state index in [-0.39, 0.29) is 30.1 Å². The van der Waals surface area contributed by atoms with Crippen LogP contribution in [0.5, 0.6) is 0 Å². The van der Waals surface area contributed by atoms with Gasteiger partial charge in [0.05, 0.1) is 11.1 Å². The van der Waals surface area contributed by atoms with Crippen molar-refractivity contribution < 1.29 is 4.74 Å². The SMILES string of the molecule is CN=C(NCCCOC(C)c1ccccc1)NCCCc1nc(C)cs1.I. The predicted octanol–water partition coefficient (Wildman–Crippen LogP) is 4.34. The number of nitrogens with one attached hydrogen (secondary N) is 2. The summed E-state index contributed by atoms with van der Waals surface area (Å²) in [6.07, 6.45) is 3.12. The molecule has 2 rings (SSSR count).